The van der Waals surface area contributed by atoms with Gasteiger partial charge in [-0.1, -0.05) is 45.0 Å². The van der Waals surface area contributed by atoms with E-state index < -0.39 is 6.10 Å². The second-order valence-corrected chi connectivity index (χ2v) is 4.91. The SMILES string of the molecule is CNCC(O)c1ccccc1C(C)(C)C. The van der Waals surface area contributed by atoms with E-state index in [1.807, 2.05) is 25.2 Å². The summed E-state index contributed by atoms with van der Waals surface area (Å²) >= 11 is 0. The molecule has 2 heteroatoms. The molecule has 1 rings (SSSR count). The quantitative estimate of drug-likeness (QED) is 0.796. The molecule has 0 aliphatic carbocycles. The second kappa shape index (κ2) is 4.77. The standard InChI is InChI=1S/C13H21NO/c1-13(2,3)11-8-6-5-7-10(11)12(15)9-14-4/h5-8,12,14-15H,9H2,1-4H3. The molecule has 0 saturated carbocycles. The number of aliphatic hydroxyl groups is 1. The lowest BCUT2D eigenvalue weighted by molar-refractivity contribution is 0.175. The van der Waals surface area contributed by atoms with Gasteiger partial charge in [0.2, 0.25) is 0 Å². The van der Waals surface area contributed by atoms with Crippen LogP contribution in [0.3, 0.4) is 0 Å². The molecule has 0 aliphatic rings. The predicted octanol–water partition coefficient (Wildman–Crippen LogP) is 2.24. The van der Waals surface area contributed by atoms with Gasteiger partial charge in [-0.15, -0.1) is 0 Å². The Morgan fingerprint density at radius 3 is 2.40 bits per heavy atom. The fourth-order valence-electron chi connectivity index (χ4n) is 1.77. The lowest BCUT2D eigenvalue weighted by Crippen LogP contribution is -2.21. The van der Waals surface area contributed by atoms with Crippen molar-refractivity contribution in [2.75, 3.05) is 13.6 Å². The molecule has 0 heterocycles. The summed E-state index contributed by atoms with van der Waals surface area (Å²) in [4.78, 5) is 0. The highest BCUT2D eigenvalue weighted by atomic mass is 16.3. The van der Waals surface area contributed by atoms with Gasteiger partial charge in [0.15, 0.2) is 0 Å². The van der Waals surface area contributed by atoms with Crippen molar-refractivity contribution in [2.45, 2.75) is 32.3 Å². The van der Waals surface area contributed by atoms with Crippen molar-refractivity contribution < 1.29 is 5.11 Å². The van der Waals surface area contributed by atoms with Crippen molar-refractivity contribution in [3.63, 3.8) is 0 Å². The topological polar surface area (TPSA) is 32.3 Å². The number of benzene rings is 1. The van der Waals surface area contributed by atoms with Crippen molar-refractivity contribution in [1.29, 1.82) is 0 Å². The summed E-state index contributed by atoms with van der Waals surface area (Å²) in [5.74, 6) is 0. The Balaban J connectivity index is 3.06. The third-order valence-electron chi connectivity index (χ3n) is 2.53. The monoisotopic (exact) mass is 207 g/mol. The van der Waals surface area contributed by atoms with Crippen LogP contribution in [0, 0.1) is 0 Å². The molecule has 0 radical (unpaired) electrons. The molecule has 0 saturated heterocycles. The van der Waals surface area contributed by atoms with E-state index in [1.54, 1.807) is 0 Å². The van der Waals surface area contributed by atoms with Crippen LogP contribution in [0.25, 0.3) is 0 Å². The van der Waals surface area contributed by atoms with E-state index >= 15 is 0 Å². The number of nitrogens with one attached hydrogen (secondary N) is 1. The minimum atomic E-state index is -0.426. The fourth-order valence-corrected chi connectivity index (χ4v) is 1.77. The number of likely N-dealkylation sites (N-methyl/N-ethyl adjacent to an activating group) is 1. The zero-order chi connectivity index (χ0) is 11.5. The number of rotatable bonds is 3. The van der Waals surface area contributed by atoms with Crippen molar-refractivity contribution in [2.24, 2.45) is 0 Å². The van der Waals surface area contributed by atoms with E-state index in [0.717, 1.165) is 5.56 Å². The zero-order valence-electron chi connectivity index (χ0n) is 10.0. The molecule has 1 unspecified atom stereocenters. The van der Waals surface area contributed by atoms with Crippen LogP contribution in [-0.4, -0.2) is 18.7 Å². The molecule has 0 spiro atoms. The van der Waals surface area contributed by atoms with E-state index in [2.05, 4.69) is 32.2 Å². The highest BCUT2D eigenvalue weighted by Gasteiger charge is 2.20. The van der Waals surface area contributed by atoms with Crippen LogP contribution in [0.2, 0.25) is 0 Å². The third kappa shape index (κ3) is 3.05. The Morgan fingerprint density at radius 1 is 1.27 bits per heavy atom. The van der Waals surface area contributed by atoms with Crippen molar-refractivity contribution >= 4 is 0 Å². The van der Waals surface area contributed by atoms with Gasteiger partial charge in [0, 0.05) is 6.54 Å². The molecule has 2 N–H and O–H groups in total. The summed E-state index contributed by atoms with van der Waals surface area (Å²) in [6.45, 7) is 7.08. The van der Waals surface area contributed by atoms with Crippen LogP contribution in [0.15, 0.2) is 24.3 Å². The van der Waals surface area contributed by atoms with E-state index in [0.29, 0.717) is 6.54 Å². The number of aliphatic hydroxyl groups excluding tert-OH is 1. The van der Waals surface area contributed by atoms with Gasteiger partial charge < -0.3 is 10.4 Å². The molecule has 1 aromatic rings. The average Bonchev–Trinajstić information content (AvgIpc) is 2.17. The van der Waals surface area contributed by atoms with Crippen LogP contribution in [0.1, 0.15) is 38.0 Å². The maximum Gasteiger partial charge on any atom is 0.0917 e. The summed E-state index contributed by atoms with van der Waals surface area (Å²) in [7, 11) is 1.85. The van der Waals surface area contributed by atoms with E-state index in [1.165, 1.54) is 5.56 Å². The summed E-state index contributed by atoms with van der Waals surface area (Å²) in [5, 5.41) is 13.0. The van der Waals surface area contributed by atoms with Crippen molar-refractivity contribution in [3.05, 3.63) is 35.4 Å². The van der Waals surface area contributed by atoms with E-state index in [9.17, 15) is 5.11 Å². The average molecular weight is 207 g/mol. The zero-order valence-corrected chi connectivity index (χ0v) is 10.0. The molecule has 2 nitrogen and oxygen atoms in total. The van der Waals surface area contributed by atoms with Crippen LogP contribution in [0.5, 0.6) is 0 Å². The summed E-state index contributed by atoms with van der Waals surface area (Å²) in [5.41, 5.74) is 2.32. The first-order valence-corrected chi connectivity index (χ1v) is 5.39. The molecule has 84 valence electrons. The van der Waals surface area contributed by atoms with Gasteiger partial charge in [0.25, 0.3) is 0 Å². The van der Waals surface area contributed by atoms with Crippen LogP contribution >= 0.6 is 0 Å². The Labute approximate surface area is 92.3 Å². The lowest BCUT2D eigenvalue weighted by Gasteiger charge is -2.25. The molecule has 0 aromatic heterocycles. The molecular weight excluding hydrogens is 186 g/mol. The minimum absolute atomic E-state index is 0.0747. The molecular formula is C13H21NO. The Bertz CT molecular complexity index is 315. The summed E-state index contributed by atoms with van der Waals surface area (Å²) in [6, 6.07) is 8.09. The normalized spacial score (nSPS) is 13.9. The highest BCUT2D eigenvalue weighted by Crippen LogP contribution is 2.29. The first-order chi connectivity index (χ1) is 6.96. The maximum atomic E-state index is 10.0. The minimum Gasteiger partial charge on any atom is -0.387 e. The van der Waals surface area contributed by atoms with Gasteiger partial charge in [-0.05, 0) is 23.6 Å². The Morgan fingerprint density at radius 2 is 1.87 bits per heavy atom. The van der Waals surface area contributed by atoms with Gasteiger partial charge in [-0.25, -0.2) is 0 Å². The molecule has 0 amide bonds. The van der Waals surface area contributed by atoms with Crippen molar-refractivity contribution in [1.82, 2.24) is 5.32 Å². The predicted molar refractivity (Wildman–Crippen MR) is 64.0 cm³/mol. The molecule has 0 fully saturated rings. The number of hydrogen-bond donors (Lipinski definition) is 2. The van der Waals surface area contributed by atoms with Crippen LogP contribution in [0.4, 0.5) is 0 Å². The second-order valence-electron chi connectivity index (χ2n) is 4.91. The van der Waals surface area contributed by atoms with Gasteiger partial charge in [-0.2, -0.15) is 0 Å². The van der Waals surface area contributed by atoms with Gasteiger partial charge in [0.05, 0.1) is 6.10 Å². The molecule has 0 bridgehead atoms. The Kier molecular flexibility index (Phi) is 3.89. The first-order valence-electron chi connectivity index (χ1n) is 5.39. The maximum absolute atomic E-state index is 10.0. The fraction of sp³-hybridized carbons (Fsp3) is 0.538. The Hall–Kier alpha value is -0.860. The molecule has 0 aliphatic heterocycles. The summed E-state index contributed by atoms with van der Waals surface area (Å²) in [6.07, 6.45) is -0.426. The van der Waals surface area contributed by atoms with Crippen LogP contribution in [-0.2, 0) is 5.41 Å². The molecule has 15 heavy (non-hydrogen) atoms. The summed E-state index contributed by atoms with van der Waals surface area (Å²) < 4.78 is 0. The van der Waals surface area contributed by atoms with Gasteiger partial charge in [0.1, 0.15) is 0 Å². The highest BCUT2D eigenvalue weighted by molar-refractivity contribution is 5.34. The van der Waals surface area contributed by atoms with Crippen molar-refractivity contribution in [3.8, 4) is 0 Å². The largest absolute Gasteiger partial charge is 0.387 e. The van der Waals surface area contributed by atoms with E-state index in [4.69, 9.17) is 0 Å². The molecule has 1 aromatic carbocycles. The van der Waals surface area contributed by atoms with Gasteiger partial charge in [-0.3, -0.25) is 0 Å². The van der Waals surface area contributed by atoms with Crippen LogP contribution < -0.4 is 5.32 Å². The smallest absolute Gasteiger partial charge is 0.0917 e. The third-order valence-corrected chi connectivity index (χ3v) is 2.53. The lowest BCUT2D eigenvalue weighted by atomic mass is 9.82. The first kappa shape index (κ1) is 12.2. The molecule has 1 atom stereocenters. The van der Waals surface area contributed by atoms with E-state index in [-0.39, 0.29) is 5.41 Å². The van der Waals surface area contributed by atoms with Gasteiger partial charge >= 0.3 is 0 Å². The number of hydrogen-bond acceptors (Lipinski definition) is 2.